The first-order valence-electron chi connectivity index (χ1n) is 6.07. The van der Waals surface area contributed by atoms with Crippen LogP contribution in [0.15, 0.2) is 12.7 Å². The fourth-order valence-corrected chi connectivity index (χ4v) is 2.13. The Labute approximate surface area is 108 Å². The minimum atomic E-state index is -0.249. The van der Waals surface area contributed by atoms with Crippen molar-refractivity contribution < 1.29 is 13.9 Å². The Bertz CT molecular complexity index is 203. The van der Waals surface area contributed by atoms with Gasteiger partial charge in [0.05, 0.1) is 5.60 Å². The largest absolute Gasteiger partial charge is 0.407 e. The Balaban J connectivity index is 3.82. The molecule has 0 spiro atoms. The van der Waals surface area contributed by atoms with Gasteiger partial charge in [0.2, 0.25) is 0 Å². The van der Waals surface area contributed by atoms with Crippen molar-refractivity contribution >= 4 is 9.76 Å². The van der Waals surface area contributed by atoms with Crippen LogP contribution >= 0.6 is 0 Å². The molecule has 0 saturated heterocycles. The number of allylic oxidation sites excluding steroid dienone is 1. The summed E-state index contributed by atoms with van der Waals surface area (Å²) in [6.07, 6.45) is 5.35. The second kappa shape index (κ2) is 8.86. The molecule has 17 heavy (non-hydrogen) atoms. The molecule has 0 amide bonds. The Morgan fingerprint density at radius 3 is 2.35 bits per heavy atom. The van der Waals surface area contributed by atoms with E-state index in [1.54, 1.807) is 14.2 Å². The van der Waals surface area contributed by atoms with Gasteiger partial charge in [-0.25, -0.2) is 0 Å². The van der Waals surface area contributed by atoms with Crippen molar-refractivity contribution in [1.29, 1.82) is 0 Å². The maximum absolute atomic E-state index is 5.84. The molecule has 0 aromatic rings. The maximum atomic E-state index is 5.84. The van der Waals surface area contributed by atoms with Crippen LogP contribution in [0.3, 0.4) is 0 Å². The van der Waals surface area contributed by atoms with Crippen LogP contribution < -0.4 is 0 Å². The number of ether oxygens (including phenoxy) is 2. The van der Waals surface area contributed by atoms with E-state index in [1.165, 1.54) is 0 Å². The zero-order valence-electron chi connectivity index (χ0n) is 11.8. The molecule has 0 aromatic carbocycles. The quantitative estimate of drug-likeness (QED) is 0.342. The molecule has 0 bridgehead atoms. The van der Waals surface area contributed by atoms with Gasteiger partial charge < -0.3 is 13.9 Å². The van der Waals surface area contributed by atoms with Crippen LogP contribution in [0, 0.1) is 5.92 Å². The van der Waals surface area contributed by atoms with E-state index < -0.39 is 0 Å². The normalized spacial score (nSPS) is 14.0. The van der Waals surface area contributed by atoms with Crippen molar-refractivity contribution in [3.8, 4) is 0 Å². The monoisotopic (exact) mass is 258 g/mol. The van der Waals surface area contributed by atoms with Gasteiger partial charge in [-0.2, -0.15) is 0 Å². The third-order valence-corrected chi connectivity index (χ3v) is 4.03. The molecule has 4 heteroatoms. The summed E-state index contributed by atoms with van der Waals surface area (Å²) in [5, 5.41) is 0. The predicted molar refractivity (Wildman–Crippen MR) is 71.9 cm³/mol. The molecule has 0 heterocycles. The fraction of sp³-hybridized carbons (Fsp3) is 0.846. The summed E-state index contributed by atoms with van der Waals surface area (Å²) in [5.41, 5.74) is -0.116. The van der Waals surface area contributed by atoms with E-state index in [4.69, 9.17) is 13.9 Å². The van der Waals surface area contributed by atoms with Crippen LogP contribution in [0.4, 0.5) is 0 Å². The highest BCUT2D eigenvalue weighted by atomic mass is 28.2. The van der Waals surface area contributed by atoms with Crippen molar-refractivity contribution in [2.75, 3.05) is 14.2 Å². The highest BCUT2D eigenvalue weighted by Crippen LogP contribution is 2.20. The third kappa shape index (κ3) is 8.55. The molecular formula is C13H26O3Si. The number of rotatable bonds is 10. The molecule has 1 atom stereocenters. The Morgan fingerprint density at radius 2 is 1.88 bits per heavy atom. The number of methoxy groups -OCH3 is 2. The third-order valence-electron chi connectivity index (χ3n) is 2.70. The molecule has 0 aliphatic heterocycles. The highest BCUT2D eigenvalue weighted by Gasteiger charge is 2.21. The SMILES string of the molecule is C=CC(C)CCCC(C)(C)O[Si]C(OC)OC. The van der Waals surface area contributed by atoms with Crippen LogP contribution in [0.2, 0.25) is 0 Å². The molecule has 1 unspecified atom stereocenters. The fourth-order valence-electron chi connectivity index (χ4n) is 1.42. The Morgan fingerprint density at radius 1 is 1.29 bits per heavy atom. The summed E-state index contributed by atoms with van der Waals surface area (Å²) < 4.78 is 16.1. The van der Waals surface area contributed by atoms with E-state index >= 15 is 0 Å². The van der Waals surface area contributed by atoms with E-state index in [1.807, 2.05) is 6.08 Å². The molecule has 0 aliphatic carbocycles. The van der Waals surface area contributed by atoms with Crippen molar-refractivity contribution in [3.05, 3.63) is 12.7 Å². The van der Waals surface area contributed by atoms with Gasteiger partial charge in [0.1, 0.15) is 0 Å². The Kier molecular flexibility index (Phi) is 8.77. The van der Waals surface area contributed by atoms with Crippen LogP contribution in [-0.4, -0.2) is 35.5 Å². The van der Waals surface area contributed by atoms with E-state index in [9.17, 15) is 0 Å². The molecule has 100 valence electrons. The Hall–Kier alpha value is -0.163. The first kappa shape index (κ1) is 16.8. The second-order valence-electron chi connectivity index (χ2n) is 4.89. The van der Waals surface area contributed by atoms with Gasteiger partial charge >= 0.3 is 0 Å². The molecule has 0 aromatic heterocycles. The van der Waals surface area contributed by atoms with E-state index in [-0.39, 0.29) is 21.3 Å². The molecule has 0 fully saturated rings. The number of hydrogen-bond donors (Lipinski definition) is 0. The van der Waals surface area contributed by atoms with Gasteiger partial charge in [-0.15, -0.1) is 6.58 Å². The lowest BCUT2D eigenvalue weighted by Crippen LogP contribution is -2.33. The van der Waals surface area contributed by atoms with Gasteiger partial charge in [-0.1, -0.05) is 19.4 Å². The van der Waals surface area contributed by atoms with E-state index in [0.29, 0.717) is 5.92 Å². The zero-order chi connectivity index (χ0) is 13.3. The van der Waals surface area contributed by atoms with E-state index in [2.05, 4.69) is 27.4 Å². The minimum Gasteiger partial charge on any atom is -0.407 e. The van der Waals surface area contributed by atoms with Crippen LogP contribution in [0.25, 0.3) is 0 Å². The summed E-state index contributed by atoms with van der Waals surface area (Å²) in [7, 11) is 3.47. The molecule has 0 N–H and O–H groups in total. The standard InChI is InChI=1S/C13H26O3Si/c1-7-11(2)9-8-10-13(3,4)16-17-12(14-5)15-6/h7,11-12H,1,8-10H2,2-6H3. The summed E-state index contributed by atoms with van der Waals surface area (Å²) in [5.74, 6) is 0.334. The van der Waals surface area contributed by atoms with Gasteiger partial charge in [0.25, 0.3) is 9.76 Å². The topological polar surface area (TPSA) is 27.7 Å². The minimum absolute atomic E-state index is 0.116. The predicted octanol–water partition coefficient (Wildman–Crippen LogP) is 2.97. The van der Waals surface area contributed by atoms with Gasteiger partial charge in [0.15, 0.2) is 5.91 Å². The van der Waals surface area contributed by atoms with Gasteiger partial charge in [-0.3, -0.25) is 0 Å². The lowest BCUT2D eigenvalue weighted by molar-refractivity contribution is -0.0606. The summed E-state index contributed by atoms with van der Waals surface area (Å²) in [4.78, 5) is 0. The van der Waals surface area contributed by atoms with Gasteiger partial charge in [-0.05, 0) is 32.6 Å². The molecule has 0 saturated carbocycles. The van der Waals surface area contributed by atoms with Crippen molar-refractivity contribution in [3.63, 3.8) is 0 Å². The van der Waals surface area contributed by atoms with Crippen LogP contribution in [0.1, 0.15) is 40.0 Å². The van der Waals surface area contributed by atoms with Crippen molar-refractivity contribution in [1.82, 2.24) is 0 Å². The van der Waals surface area contributed by atoms with Crippen LogP contribution in [0.5, 0.6) is 0 Å². The number of hydrogen-bond acceptors (Lipinski definition) is 3. The molecule has 2 radical (unpaired) electrons. The zero-order valence-corrected chi connectivity index (χ0v) is 12.8. The van der Waals surface area contributed by atoms with E-state index in [0.717, 1.165) is 19.3 Å². The lowest BCUT2D eigenvalue weighted by Gasteiger charge is -2.27. The lowest BCUT2D eigenvalue weighted by atomic mass is 9.97. The molecular weight excluding hydrogens is 232 g/mol. The van der Waals surface area contributed by atoms with Crippen molar-refractivity contribution in [2.45, 2.75) is 51.5 Å². The average Bonchev–Trinajstić information content (AvgIpc) is 2.29. The van der Waals surface area contributed by atoms with Gasteiger partial charge in [0, 0.05) is 14.2 Å². The molecule has 3 nitrogen and oxygen atoms in total. The van der Waals surface area contributed by atoms with Crippen molar-refractivity contribution in [2.24, 2.45) is 5.92 Å². The first-order chi connectivity index (χ1) is 7.95. The molecule has 0 rings (SSSR count). The maximum Gasteiger partial charge on any atom is 0.300 e. The summed E-state index contributed by atoms with van der Waals surface area (Å²) in [6.45, 7) is 10.2. The smallest absolute Gasteiger partial charge is 0.300 e. The summed E-state index contributed by atoms with van der Waals surface area (Å²) >= 11 is 0. The second-order valence-corrected chi connectivity index (χ2v) is 5.80. The molecule has 0 aliphatic rings. The van der Waals surface area contributed by atoms with Crippen LogP contribution in [-0.2, 0) is 13.9 Å². The summed E-state index contributed by atoms with van der Waals surface area (Å²) in [6, 6.07) is 0. The highest BCUT2D eigenvalue weighted by molar-refractivity contribution is 6.28. The average molecular weight is 258 g/mol. The first-order valence-corrected chi connectivity index (χ1v) is 7.05.